The Bertz CT molecular complexity index is 1450. The van der Waals surface area contributed by atoms with Crippen molar-refractivity contribution in [1.82, 2.24) is 9.55 Å². The number of nitrogens with zero attached hydrogens (tertiary/aromatic N) is 2. The van der Waals surface area contributed by atoms with Gasteiger partial charge < -0.3 is 5.32 Å². The van der Waals surface area contributed by atoms with Gasteiger partial charge in [-0.05, 0) is 54.1 Å². The smallest absolute Gasteiger partial charge is 0.266 e. The number of hydrogen-bond acceptors (Lipinski definition) is 4. The predicted octanol–water partition coefficient (Wildman–Crippen LogP) is 3.82. The lowest BCUT2D eigenvalue weighted by molar-refractivity contribution is 0.103. The average molecular weight is 391 g/mol. The Morgan fingerprint density at radius 1 is 0.966 bits per heavy atom. The van der Waals surface area contributed by atoms with Gasteiger partial charge in [0.1, 0.15) is 11.6 Å². The fourth-order valence-electron chi connectivity index (χ4n) is 3.32. The summed E-state index contributed by atoms with van der Waals surface area (Å²) in [5.41, 5.74) is 0.572. The minimum absolute atomic E-state index is 0.0610. The zero-order valence-corrected chi connectivity index (χ0v) is 14.7. The summed E-state index contributed by atoms with van der Waals surface area (Å²) in [6.07, 6.45) is 0. The largest absolute Gasteiger partial charge is 0.381 e. The molecule has 0 amide bonds. The summed E-state index contributed by atoms with van der Waals surface area (Å²) in [6.45, 7) is -2.03. The van der Waals surface area contributed by atoms with Crippen molar-refractivity contribution in [3.63, 3.8) is 0 Å². The van der Waals surface area contributed by atoms with E-state index in [1.807, 2.05) is 0 Å². The van der Waals surface area contributed by atoms with Crippen LogP contribution in [-0.4, -0.2) is 15.3 Å². The van der Waals surface area contributed by atoms with E-state index in [1.54, 1.807) is 0 Å². The summed E-state index contributed by atoms with van der Waals surface area (Å²) >= 11 is 0. The zero-order chi connectivity index (χ0) is 21.9. The van der Waals surface area contributed by atoms with Gasteiger partial charge in [-0.15, -0.1) is 0 Å². The first-order valence-electron chi connectivity index (χ1n) is 9.70. The van der Waals surface area contributed by atoms with Crippen molar-refractivity contribution in [1.29, 1.82) is 0 Å². The van der Waals surface area contributed by atoms with Crippen LogP contribution in [-0.2, 0) is 6.50 Å². The number of ketones is 1. The van der Waals surface area contributed by atoms with Crippen LogP contribution in [0.2, 0.25) is 0 Å². The summed E-state index contributed by atoms with van der Waals surface area (Å²) in [5.74, 6) is -1.76. The lowest BCUT2D eigenvalue weighted by Gasteiger charge is -2.09. The van der Waals surface area contributed by atoms with E-state index in [-0.39, 0.29) is 33.5 Å². The van der Waals surface area contributed by atoms with Gasteiger partial charge in [0.2, 0.25) is 5.78 Å². The van der Waals surface area contributed by atoms with Gasteiger partial charge in [0, 0.05) is 12.2 Å². The minimum atomic E-state index is -2.03. The van der Waals surface area contributed by atoms with Gasteiger partial charge >= 0.3 is 0 Å². The Balaban J connectivity index is 1.59. The van der Waals surface area contributed by atoms with Crippen LogP contribution in [0.1, 0.15) is 24.5 Å². The second-order valence-corrected chi connectivity index (χ2v) is 6.56. The van der Waals surface area contributed by atoms with Crippen LogP contribution in [0.5, 0.6) is 0 Å². The van der Waals surface area contributed by atoms with Crippen molar-refractivity contribution in [3.8, 4) is 5.69 Å². The number of carbonyl (C=O) groups excluding carboxylic acids is 1. The first-order valence-corrected chi connectivity index (χ1v) is 8.70. The lowest BCUT2D eigenvalue weighted by atomic mass is 10.1. The highest BCUT2D eigenvalue weighted by Gasteiger charge is 2.30. The van der Waals surface area contributed by atoms with Gasteiger partial charge in [0.05, 0.1) is 24.9 Å². The SMILES string of the molecule is [2H]C([2H])(Nc1ccc2c(=O)n3c(nc2c1)C(=O)c1cc(F)ccc1-3)c1ccc(F)cc1. The van der Waals surface area contributed by atoms with Gasteiger partial charge in [0.25, 0.3) is 5.56 Å². The van der Waals surface area contributed by atoms with Crippen molar-refractivity contribution in [2.45, 2.75) is 6.50 Å². The summed E-state index contributed by atoms with van der Waals surface area (Å²) in [6, 6.07) is 13.0. The standard InChI is InChI=1S/C22H13F2N3O2/c23-13-3-1-12(2-4-13)11-25-15-6-7-16-18(10-15)26-21-20(28)17-9-14(24)5-8-19(17)27(21)22(16)29/h1-10,25H,11H2/i11D2. The van der Waals surface area contributed by atoms with E-state index in [0.29, 0.717) is 5.69 Å². The highest BCUT2D eigenvalue weighted by molar-refractivity contribution is 6.13. The average Bonchev–Trinajstić information content (AvgIpc) is 3.00. The number of carbonyl (C=O) groups is 1. The molecule has 0 saturated carbocycles. The molecule has 0 aliphatic carbocycles. The van der Waals surface area contributed by atoms with Gasteiger partial charge in [-0.25, -0.2) is 13.8 Å². The number of benzene rings is 3. The molecule has 5 nitrogen and oxygen atoms in total. The van der Waals surface area contributed by atoms with Crippen molar-refractivity contribution in [3.05, 3.63) is 99.6 Å². The van der Waals surface area contributed by atoms with Crippen LogP contribution in [0.15, 0.2) is 65.5 Å². The second kappa shape index (κ2) is 6.34. The third kappa shape index (κ3) is 2.79. The van der Waals surface area contributed by atoms with E-state index < -0.39 is 29.5 Å². The minimum Gasteiger partial charge on any atom is -0.381 e. The maximum Gasteiger partial charge on any atom is 0.266 e. The van der Waals surface area contributed by atoms with Crippen LogP contribution in [0.3, 0.4) is 0 Å². The highest BCUT2D eigenvalue weighted by Crippen LogP contribution is 2.27. The molecule has 0 radical (unpaired) electrons. The van der Waals surface area contributed by atoms with E-state index in [2.05, 4.69) is 10.3 Å². The number of anilines is 1. The third-order valence-electron chi connectivity index (χ3n) is 4.71. The highest BCUT2D eigenvalue weighted by atomic mass is 19.1. The van der Waals surface area contributed by atoms with Gasteiger partial charge in [-0.2, -0.15) is 0 Å². The molecule has 4 aromatic rings. The Hall–Kier alpha value is -3.87. The third-order valence-corrected chi connectivity index (χ3v) is 4.71. The molecular formula is C22H13F2N3O2. The van der Waals surface area contributed by atoms with Gasteiger partial charge in [-0.3, -0.25) is 14.2 Å². The summed E-state index contributed by atoms with van der Waals surface area (Å²) in [5, 5.41) is 2.92. The molecule has 0 spiro atoms. The quantitative estimate of drug-likeness (QED) is 0.508. The topological polar surface area (TPSA) is 64.0 Å². The van der Waals surface area contributed by atoms with Crippen molar-refractivity contribution >= 4 is 22.4 Å². The van der Waals surface area contributed by atoms with Gasteiger partial charge in [-0.1, -0.05) is 12.1 Å². The molecule has 29 heavy (non-hydrogen) atoms. The van der Waals surface area contributed by atoms with Crippen LogP contribution >= 0.6 is 0 Å². The summed E-state index contributed by atoms with van der Waals surface area (Å²) in [4.78, 5) is 30.0. The number of fused-ring (bicyclic) bond motifs is 4. The van der Waals surface area contributed by atoms with Gasteiger partial charge in [0.15, 0.2) is 5.82 Å². The fraction of sp³-hybridized carbons (Fsp3) is 0.0455. The van der Waals surface area contributed by atoms with Crippen molar-refractivity contribution in [2.75, 3.05) is 5.32 Å². The fourth-order valence-corrected chi connectivity index (χ4v) is 3.32. The molecular weight excluding hydrogens is 376 g/mol. The maximum absolute atomic E-state index is 13.6. The number of nitrogens with one attached hydrogen (secondary N) is 1. The molecule has 1 aliphatic rings. The number of aromatic nitrogens is 2. The van der Waals surface area contributed by atoms with Crippen LogP contribution in [0, 0.1) is 11.6 Å². The molecule has 0 fully saturated rings. The van der Waals surface area contributed by atoms with Crippen LogP contribution in [0.25, 0.3) is 16.6 Å². The molecule has 0 atom stereocenters. The molecule has 0 unspecified atom stereocenters. The number of hydrogen-bond donors (Lipinski definition) is 1. The van der Waals surface area contributed by atoms with Crippen LogP contribution < -0.4 is 10.9 Å². The molecule has 0 saturated heterocycles. The Morgan fingerprint density at radius 2 is 1.72 bits per heavy atom. The molecule has 0 bridgehead atoms. The monoisotopic (exact) mass is 391 g/mol. The van der Waals surface area contributed by atoms with E-state index >= 15 is 0 Å². The molecule has 142 valence electrons. The molecule has 1 aromatic heterocycles. The summed E-state index contributed by atoms with van der Waals surface area (Å²) < 4.78 is 44.4. The first kappa shape index (κ1) is 15.1. The van der Waals surface area contributed by atoms with E-state index in [0.717, 1.165) is 22.8 Å². The van der Waals surface area contributed by atoms with E-state index in [4.69, 9.17) is 2.74 Å². The molecule has 1 aliphatic heterocycles. The second-order valence-electron chi connectivity index (χ2n) is 6.56. The first-order chi connectivity index (χ1) is 14.7. The molecule has 3 aromatic carbocycles. The molecule has 7 heteroatoms. The number of halogens is 2. The van der Waals surface area contributed by atoms with E-state index in [9.17, 15) is 18.4 Å². The summed E-state index contributed by atoms with van der Waals surface area (Å²) in [7, 11) is 0. The van der Waals surface area contributed by atoms with Crippen molar-refractivity contribution < 1.29 is 16.3 Å². The Morgan fingerprint density at radius 3 is 2.52 bits per heavy atom. The van der Waals surface area contributed by atoms with Crippen LogP contribution in [0.4, 0.5) is 14.5 Å². The maximum atomic E-state index is 13.6. The number of rotatable bonds is 3. The van der Waals surface area contributed by atoms with E-state index in [1.165, 1.54) is 42.5 Å². The zero-order valence-electron chi connectivity index (χ0n) is 16.7. The lowest BCUT2D eigenvalue weighted by Crippen LogP contribution is -2.21. The predicted molar refractivity (Wildman–Crippen MR) is 104 cm³/mol. The normalized spacial score (nSPS) is 13.7. The Kier molecular flexibility index (Phi) is 3.30. The van der Waals surface area contributed by atoms with Crippen molar-refractivity contribution in [2.24, 2.45) is 0 Å². The molecule has 1 N–H and O–H groups in total. The molecule has 2 heterocycles. The molecule has 5 rings (SSSR count). The Labute approximate surface area is 166 Å².